The molecule has 1 aromatic rings. The molecule has 1 atom stereocenters. The zero-order chi connectivity index (χ0) is 10.4. The molecular weight excluding hydrogens is 194 g/mol. The lowest BCUT2D eigenvalue weighted by Crippen LogP contribution is -2.15. The molecule has 0 aliphatic rings. The van der Waals surface area contributed by atoms with Gasteiger partial charge in [0.05, 0.1) is 0 Å². The van der Waals surface area contributed by atoms with E-state index in [9.17, 15) is 0 Å². The summed E-state index contributed by atoms with van der Waals surface area (Å²) in [4.78, 5) is 1.23. The summed E-state index contributed by atoms with van der Waals surface area (Å²) >= 11 is 1.71. The molecule has 80 valence electrons. The third-order valence-electron chi connectivity index (χ3n) is 2.09. The highest BCUT2D eigenvalue weighted by Gasteiger charge is 2.10. The Morgan fingerprint density at radius 3 is 2.79 bits per heavy atom. The highest BCUT2D eigenvalue weighted by atomic mass is 32.1. The van der Waals surface area contributed by atoms with Crippen molar-refractivity contribution in [3.8, 4) is 0 Å². The number of hydrogen-bond acceptors (Lipinski definition) is 3. The zero-order valence-electron chi connectivity index (χ0n) is 8.90. The quantitative estimate of drug-likeness (QED) is 0.788. The van der Waals surface area contributed by atoms with Gasteiger partial charge in [-0.1, -0.05) is 19.9 Å². The zero-order valence-corrected chi connectivity index (χ0v) is 9.72. The van der Waals surface area contributed by atoms with E-state index in [2.05, 4.69) is 25.3 Å². The molecule has 0 saturated carbocycles. The van der Waals surface area contributed by atoms with Crippen molar-refractivity contribution in [1.29, 1.82) is 0 Å². The van der Waals surface area contributed by atoms with Crippen molar-refractivity contribution in [3.05, 3.63) is 22.4 Å². The van der Waals surface area contributed by atoms with E-state index < -0.39 is 0 Å². The molecule has 14 heavy (non-hydrogen) atoms. The summed E-state index contributed by atoms with van der Waals surface area (Å²) in [6.45, 7) is 5.77. The Kier molecular flexibility index (Phi) is 5.15. The molecule has 0 amide bonds. The molecule has 0 bridgehead atoms. The summed E-state index contributed by atoms with van der Waals surface area (Å²) in [6.07, 6.45) is 1.19. The Morgan fingerprint density at radius 1 is 1.50 bits per heavy atom. The second-order valence-corrected chi connectivity index (χ2v) is 4.77. The lowest BCUT2D eigenvalue weighted by Gasteiger charge is -2.15. The Labute approximate surface area is 90.1 Å². The van der Waals surface area contributed by atoms with Crippen LogP contribution in [-0.2, 0) is 4.74 Å². The van der Waals surface area contributed by atoms with Crippen LogP contribution in [0.2, 0.25) is 0 Å². The molecule has 0 radical (unpaired) electrons. The van der Waals surface area contributed by atoms with Gasteiger partial charge in [0, 0.05) is 18.0 Å². The maximum absolute atomic E-state index is 5.73. The van der Waals surface area contributed by atoms with E-state index in [4.69, 9.17) is 10.5 Å². The van der Waals surface area contributed by atoms with Crippen molar-refractivity contribution in [2.45, 2.75) is 26.4 Å². The van der Waals surface area contributed by atoms with Crippen LogP contribution in [0.5, 0.6) is 0 Å². The number of nitrogens with two attached hydrogens (primary N) is 1. The van der Waals surface area contributed by atoms with Crippen LogP contribution < -0.4 is 5.73 Å². The van der Waals surface area contributed by atoms with Crippen LogP contribution in [0.4, 0.5) is 0 Å². The third kappa shape index (κ3) is 3.78. The van der Waals surface area contributed by atoms with Crippen molar-refractivity contribution in [2.24, 2.45) is 11.7 Å². The van der Waals surface area contributed by atoms with E-state index in [-0.39, 0.29) is 6.10 Å². The Hall–Kier alpha value is -0.380. The van der Waals surface area contributed by atoms with Crippen molar-refractivity contribution in [3.63, 3.8) is 0 Å². The van der Waals surface area contributed by atoms with Crippen molar-refractivity contribution >= 4 is 11.3 Å². The summed E-state index contributed by atoms with van der Waals surface area (Å²) in [5.74, 6) is 0.691. The van der Waals surface area contributed by atoms with E-state index in [0.717, 1.165) is 13.0 Å². The fourth-order valence-electron chi connectivity index (χ4n) is 1.19. The largest absolute Gasteiger partial charge is 0.371 e. The predicted octanol–water partition coefficient (Wildman–Crippen LogP) is 2.81. The topological polar surface area (TPSA) is 35.2 Å². The van der Waals surface area contributed by atoms with E-state index >= 15 is 0 Å². The SMILES string of the molecule is CC(C)CCOC(CN)c1cccs1. The average molecular weight is 213 g/mol. The molecule has 2 nitrogen and oxygen atoms in total. The van der Waals surface area contributed by atoms with Gasteiger partial charge in [-0.05, 0) is 23.8 Å². The maximum Gasteiger partial charge on any atom is 0.104 e. The lowest BCUT2D eigenvalue weighted by molar-refractivity contribution is 0.0538. The average Bonchev–Trinajstić information content (AvgIpc) is 2.64. The minimum atomic E-state index is 0.0914. The third-order valence-corrected chi connectivity index (χ3v) is 3.05. The van der Waals surface area contributed by atoms with E-state index in [0.29, 0.717) is 12.5 Å². The normalized spacial score (nSPS) is 13.4. The molecule has 0 aliphatic heterocycles. The molecule has 1 heterocycles. The van der Waals surface area contributed by atoms with Crippen LogP contribution in [0.1, 0.15) is 31.2 Å². The molecule has 2 N–H and O–H groups in total. The molecule has 0 aromatic carbocycles. The van der Waals surface area contributed by atoms with E-state index in [1.165, 1.54) is 4.88 Å². The fraction of sp³-hybridized carbons (Fsp3) is 0.636. The van der Waals surface area contributed by atoms with Gasteiger partial charge in [-0.15, -0.1) is 11.3 Å². The first-order valence-electron chi connectivity index (χ1n) is 5.09. The van der Waals surface area contributed by atoms with Gasteiger partial charge < -0.3 is 10.5 Å². The first-order valence-corrected chi connectivity index (χ1v) is 5.97. The number of ether oxygens (including phenoxy) is 1. The molecule has 3 heteroatoms. The number of rotatable bonds is 6. The monoisotopic (exact) mass is 213 g/mol. The van der Waals surface area contributed by atoms with E-state index in [1.54, 1.807) is 11.3 Å². The van der Waals surface area contributed by atoms with E-state index in [1.807, 2.05) is 6.07 Å². The molecular formula is C11H19NOS. The Balaban J connectivity index is 2.33. The van der Waals surface area contributed by atoms with Gasteiger partial charge in [0.1, 0.15) is 6.10 Å². The maximum atomic E-state index is 5.73. The van der Waals surface area contributed by atoms with Crippen LogP contribution in [0, 0.1) is 5.92 Å². The lowest BCUT2D eigenvalue weighted by atomic mass is 10.1. The second-order valence-electron chi connectivity index (χ2n) is 3.79. The van der Waals surface area contributed by atoms with Crippen LogP contribution >= 0.6 is 11.3 Å². The molecule has 0 saturated heterocycles. The first-order chi connectivity index (χ1) is 6.74. The van der Waals surface area contributed by atoms with Crippen LogP contribution in [0.3, 0.4) is 0 Å². The molecule has 0 fully saturated rings. The minimum Gasteiger partial charge on any atom is -0.371 e. The number of hydrogen-bond donors (Lipinski definition) is 1. The summed E-state index contributed by atoms with van der Waals surface area (Å²) in [5, 5.41) is 2.06. The van der Waals surface area contributed by atoms with Crippen molar-refractivity contribution in [1.82, 2.24) is 0 Å². The number of thiophene rings is 1. The summed E-state index contributed by atoms with van der Waals surface area (Å²) in [5.41, 5.74) is 5.66. The van der Waals surface area contributed by atoms with Crippen LogP contribution in [0.15, 0.2) is 17.5 Å². The van der Waals surface area contributed by atoms with Gasteiger partial charge >= 0.3 is 0 Å². The van der Waals surface area contributed by atoms with Gasteiger partial charge in [-0.2, -0.15) is 0 Å². The molecule has 1 unspecified atom stereocenters. The van der Waals surface area contributed by atoms with Gasteiger partial charge in [0.15, 0.2) is 0 Å². The fourth-order valence-corrected chi connectivity index (χ4v) is 1.97. The molecule has 0 spiro atoms. The molecule has 0 aliphatic carbocycles. The minimum absolute atomic E-state index is 0.0914. The van der Waals surface area contributed by atoms with Crippen LogP contribution in [-0.4, -0.2) is 13.2 Å². The van der Waals surface area contributed by atoms with Gasteiger partial charge in [-0.25, -0.2) is 0 Å². The Morgan fingerprint density at radius 2 is 2.29 bits per heavy atom. The molecule has 1 aromatic heterocycles. The summed E-state index contributed by atoms with van der Waals surface area (Å²) < 4.78 is 5.73. The highest BCUT2D eigenvalue weighted by Crippen LogP contribution is 2.21. The summed E-state index contributed by atoms with van der Waals surface area (Å²) in [7, 11) is 0. The first kappa shape index (κ1) is 11.7. The van der Waals surface area contributed by atoms with Crippen molar-refractivity contribution < 1.29 is 4.74 Å². The highest BCUT2D eigenvalue weighted by molar-refractivity contribution is 7.10. The van der Waals surface area contributed by atoms with Gasteiger partial charge in [0.2, 0.25) is 0 Å². The second kappa shape index (κ2) is 6.17. The van der Waals surface area contributed by atoms with Gasteiger partial charge in [-0.3, -0.25) is 0 Å². The smallest absolute Gasteiger partial charge is 0.104 e. The summed E-state index contributed by atoms with van der Waals surface area (Å²) in [6, 6.07) is 4.12. The van der Waals surface area contributed by atoms with Crippen LogP contribution in [0.25, 0.3) is 0 Å². The van der Waals surface area contributed by atoms with Gasteiger partial charge in [0.25, 0.3) is 0 Å². The standard InChI is InChI=1S/C11H19NOS/c1-9(2)5-6-13-10(8-12)11-4-3-7-14-11/h3-4,7,9-10H,5-6,8,12H2,1-2H3. The molecule has 1 rings (SSSR count). The predicted molar refractivity (Wildman–Crippen MR) is 61.5 cm³/mol. The van der Waals surface area contributed by atoms with Crippen molar-refractivity contribution in [2.75, 3.05) is 13.2 Å². The Bertz CT molecular complexity index is 233.